The number of halogens is 2. The molecule has 0 spiro atoms. The molecule has 2 heterocycles. The molecule has 1 aromatic heterocycles. The number of rotatable bonds is 8. The molecule has 3 rings (SSSR count). The zero-order chi connectivity index (χ0) is 22.1. The lowest BCUT2D eigenvalue weighted by Gasteiger charge is -2.32. The predicted octanol–water partition coefficient (Wildman–Crippen LogP) is 3.59. The maximum Gasteiger partial charge on any atom is 0.191 e. The highest BCUT2D eigenvalue weighted by Crippen LogP contribution is 2.17. The molecule has 1 saturated heterocycles. The first-order chi connectivity index (χ1) is 15.0. The van der Waals surface area contributed by atoms with E-state index in [-0.39, 0.29) is 47.8 Å². The number of ether oxygens (including phenoxy) is 2. The molecule has 0 aliphatic carbocycles. The van der Waals surface area contributed by atoms with Crippen molar-refractivity contribution < 1.29 is 13.9 Å². The van der Waals surface area contributed by atoms with Crippen molar-refractivity contribution in [1.29, 1.82) is 0 Å². The Labute approximate surface area is 206 Å². The van der Waals surface area contributed by atoms with Crippen LogP contribution in [0.4, 0.5) is 10.2 Å². The number of morpholine rings is 1. The van der Waals surface area contributed by atoms with Crippen LogP contribution in [-0.4, -0.2) is 55.9 Å². The number of guanidine groups is 1. The van der Waals surface area contributed by atoms with E-state index in [1.807, 2.05) is 26.1 Å². The summed E-state index contributed by atoms with van der Waals surface area (Å²) in [5.41, 5.74) is 1.03. The smallest absolute Gasteiger partial charge is 0.191 e. The van der Waals surface area contributed by atoms with E-state index in [2.05, 4.69) is 38.5 Å². The standard InChI is InChI=1S/C23H32FN5O2.HI/c1-4-25-23(27-13-17(2)31-21-8-6-5-7-20(21)24)28-15-19-9-10-22(26-14-19)29-11-12-30-18(3)16-29;/h5-10,14,17-18H,4,11-13,15-16H2,1-3H3,(H2,25,27,28);1H. The monoisotopic (exact) mass is 557 g/mol. The van der Waals surface area contributed by atoms with Crippen molar-refractivity contribution in [3.63, 3.8) is 0 Å². The molecule has 0 radical (unpaired) electrons. The van der Waals surface area contributed by atoms with Crippen molar-refractivity contribution in [2.45, 2.75) is 39.5 Å². The van der Waals surface area contributed by atoms with Crippen molar-refractivity contribution in [2.75, 3.05) is 37.7 Å². The minimum Gasteiger partial charge on any atom is -0.486 e. The lowest BCUT2D eigenvalue weighted by Crippen LogP contribution is -2.42. The Bertz CT molecular complexity index is 853. The number of nitrogens with one attached hydrogen (secondary N) is 2. The van der Waals surface area contributed by atoms with E-state index in [0.717, 1.165) is 37.6 Å². The summed E-state index contributed by atoms with van der Waals surface area (Å²) in [5.74, 6) is 1.53. The minimum absolute atomic E-state index is 0. The topological polar surface area (TPSA) is 71.0 Å². The van der Waals surface area contributed by atoms with Gasteiger partial charge in [0, 0.05) is 25.8 Å². The SMILES string of the molecule is CCNC(=NCc1ccc(N2CCOC(C)C2)nc1)NCC(C)Oc1ccccc1F.I. The average Bonchev–Trinajstić information content (AvgIpc) is 2.77. The lowest BCUT2D eigenvalue weighted by molar-refractivity contribution is 0.0529. The van der Waals surface area contributed by atoms with Crippen LogP contribution in [0.5, 0.6) is 5.75 Å². The largest absolute Gasteiger partial charge is 0.486 e. The summed E-state index contributed by atoms with van der Waals surface area (Å²) in [6, 6.07) is 10.5. The second-order valence-electron chi connectivity index (χ2n) is 7.59. The highest BCUT2D eigenvalue weighted by atomic mass is 127. The first-order valence-electron chi connectivity index (χ1n) is 10.8. The van der Waals surface area contributed by atoms with Crippen LogP contribution in [0.25, 0.3) is 0 Å². The van der Waals surface area contributed by atoms with E-state index in [9.17, 15) is 4.39 Å². The molecule has 0 saturated carbocycles. The van der Waals surface area contributed by atoms with Crippen molar-refractivity contribution in [3.05, 3.63) is 54.0 Å². The van der Waals surface area contributed by atoms with Gasteiger partial charge in [-0.05, 0) is 44.5 Å². The maximum absolute atomic E-state index is 13.7. The molecule has 32 heavy (non-hydrogen) atoms. The third-order valence-electron chi connectivity index (χ3n) is 4.86. The van der Waals surface area contributed by atoms with E-state index in [1.165, 1.54) is 6.07 Å². The van der Waals surface area contributed by atoms with Gasteiger partial charge in [0.2, 0.25) is 0 Å². The lowest BCUT2D eigenvalue weighted by atomic mass is 10.2. The van der Waals surface area contributed by atoms with Crippen LogP contribution < -0.4 is 20.3 Å². The van der Waals surface area contributed by atoms with Gasteiger partial charge in [0.1, 0.15) is 11.9 Å². The predicted molar refractivity (Wildman–Crippen MR) is 137 cm³/mol. The molecule has 1 aromatic carbocycles. The van der Waals surface area contributed by atoms with Gasteiger partial charge in [-0.3, -0.25) is 0 Å². The van der Waals surface area contributed by atoms with E-state index in [1.54, 1.807) is 18.2 Å². The summed E-state index contributed by atoms with van der Waals surface area (Å²) in [6.45, 7) is 10.1. The second-order valence-corrected chi connectivity index (χ2v) is 7.59. The van der Waals surface area contributed by atoms with E-state index in [4.69, 9.17) is 9.47 Å². The number of para-hydroxylation sites is 1. The molecular weight excluding hydrogens is 524 g/mol. The first kappa shape index (κ1) is 26.1. The van der Waals surface area contributed by atoms with Crippen molar-refractivity contribution in [2.24, 2.45) is 4.99 Å². The van der Waals surface area contributed by atoms with Crippen molar-refractivity contribution >= 4 is 35.8 Å². The number of benzene rings is 1. The van der Waals surface area contributed by atoms with E-state index in [0.29, 0.717) is 19.0 Å². The molecule has 0 bridgehead atoms. The quantitative estimate of drug-likeness (QED) is 0.294. The Balaban J connectivity index is 0.00000363. The van der Waals surface area contributed by atoms with Gasteiger partial charge in [0.05, 0.1) is 25.8 Å². The van der Waals surface area contributed by atoms with Crippen LogP contribution in [0, 0.1) is 5.82 Å². The fourth-order valence-electron chi connectivity index (χ4n) is 3.28. The summed E-state index contributed by atoms with van der Waals surface area (Å²) in [7, 11) is 0. The highest BCUT2D eigenvalue weighted by Gasteiger charge is 2.17. The fourth-order valence-corrected chi connectivity index (χ4v) is 3.28. The fraction of sp³-hybridized carbons (Fsp3) is 0.478. The van der Waals surface area contributed by atoms with Gasteiger partial charge in [0.25, 0.3) is 0 Å². The summed E-state index contributed by atoms with van der Waals surface area (Å²) >= 11 is 0. The van der Waals surface area contributed by atoms with E-state index < -0.39 is 0 Å². The Morgan fingerprint density at radius 1 is 1.31 bits per heavy atom. The molecular formula is C23H33FIN5O2. The molecule has 1 fully saturated rings. The van der Waals surface area contributed by atoms with Gasteiger partial charge >= 0.3 is 0 Å². The van der Waals surface area contributed by atoms with Crippen molar-refractivity contribution in [1.82, 2.24) is 15.6 Å². The summed E-state index contributed by atoms with van der Waals surface area (Å²) in [4.78, 5) is 11.5. The number of hydrogen-bond acceptors (Lipinski definition) is 5. The van der Waals surface area contributed by atoms with Crippen LogP contribution in [0.1, 0.15) is 26.3 Å². The Morgan fingerprint density at radius 3 is 2.81 bits per heavy atom. The molecule has 1 aliphatic heterocycles. The number of hydrogen-bond donors (Lipinski definition) is 2. The van der Waals surface area contributed by atoms with Gasteiger partial charge in [-0.25, -0.2) is 14.4 Å². The van der Waals surface area contributed by atoms with Gasteiger partial charge in [-0.1, -0.05) is 18.2 Å². The van der Waals surface area contributed by atoms with Crippen LogP contribution in [0.3, 0.4) is 0 Å². The Morgan fingerprint density at radius 2 is 2.12 bits per heavy atom. The number of aromatic nitrogens is 1. The molecule has 2 N–H and O–H groups in total. The molecule has 2 atom stereocenters. The molecule has 2 unspecified atom stereocenters. The van der Waals surface area contributed by atoms with Crippen molar-refractivity contribution in [3.8, 4) is 5.75 Å². The second kappa shape index (κ2) is 13.4. The van der Waals surface area contributed by atoms with Gasteiger partial charge in [0.15, 0.2) is 17.5 Å². The maximum atomic E-state index is 13.7. The molecule has 9 heteroatoms. The van der Waals surface area contributed by atoms with Crippen LogP contribution >= 0.6 is 24.0 Å². The Kier molecular flexibility index (Phi) is 10.9. The zero-order valence-corrected chi connectivity index (χ0v) is 21.2. The summed E-state index contributed by atoms with van der Waals surface area (Å²) in [5, 5.41) is 6.47. The number of nitrogens with zero attached hydrogens (tertiary/aromatic N) is 3. The summed E-state index contributed by atoms with van der Waals surface area (Å²) < 4.78 is 25.0. The molecule has 0 amide bonds. The number of anilines is 1. The molecule has 1 aliphatic rings. The van der Waals surface area contributed by atoms with Gasteiger partial charge < -0.3 is 25.0 Å². The normalized spacial score (nSPS) is 17.3. The average molecular weight is 557 g/mol. The Hall–Kier alpha value is -2.14. The first-order valence-corrected chi connectivity index (χ1v) is 10.8. The van der Waals surface area contributed by atoms with Crippen LogP contribution in [0.15, 0.2) is 47.6 Å². The molecule has 2 aromatic rings. The third-order valence-corrected chi connectivity index (χ3v) is 4.86. The van der Waals surface area contributed by atoms with Crippen LogP contribution in [0.2, 0.25) is 0 Å². The molecule has 7 nitrogen and oxygen atoms in total. The van der Waals surface area contributed by atoms with E-state index >= 15 is 0 Å². The van der Waals surface area contributed by atoms with Gasteiger partial charge in [-0.2, -0.15) is 0 Å². The molecule has 176 valence electrons. The minimum atomic E-state index is -0.364. The zero-order valence-electron chi connectivity index (χ0n) is 18.9. The number of aliphatic imine (C=N–C) groups is 1. The number of pyridine rings is 1. The summed E-state index contributed by atoms with van der Waals surface area (Å²) in [6.07, 6.45) is 1.86. The van der Waals surface area contributed by atoms with Crippen LogP contribution in [-0.2, 0) is 11.3 Å². The highest BCUT2D eigenvalue weighted by molar-refractivity contribution is 14.0. The third kappa shape index (κ3) is 8.09. The van der Waals surface area contributed by atoms with Gasteiger partial charge in [-0.15, -0.1) is 24.0 Å².